The van der Waals surface area contributed by atoms with Crippen molar-refractivity contribution < 1.29 is 9.53 Å². The van der Waals surface area contributed by atoms with Crippen LogP contribution in [0.1, 0.15) is 67.1 Å². The maximum Gasteiger partial charge on any atom is 0.270 e. The molecule has 4 rings (SSSR count). The number of hydrogen-bond acceptors (Lipinski definition) is 4. The SMILES string of the molecule is CCc1ccc(-c2nc(C(=O)NC3CCCCC3)ccc2-c2ccccc2C)cc1OCCCN(C)C. The van der Waals surface area contributed by atoms with E-state index in [2.05, 4.69) is 74.6 Å². The minimum absolute atomic E-state index is 0.0881. The lowest BCUT2D eigenvalue weighted by Gasteiger charge is -2.23. The number of pyridine rings is 1. The Morgan fingerprint density at radius 3 is 2.54 bits per heavy atom. The van der Waals surface area contributed by atoms with E-state index in [4.69, 9.17) is 9.72 Å². The van der Waals surface area contributed by atoms with Crippen LogP contribution in [-0.2, 0) is 6.42 Å². The van der Waals surface area contributed by atoms with Gasteiger partial charge in [0.1, 0.15) is 11.4 Å². The first-order chi connectivity index (χ1) is 18.0. The molecule has 1 aromatic heterocycles. The molecule has 1 aliphatic carbocycles. The van der Waals surface area contributed by atoms with E-state index in [1.165, 1.54) is 30.4 Å². The van der Waals surface area contributed by atoms with Crippen molar-refractivity contribution >= 4 is 5.91 Å². The van der Waals surface area contributed by atoms with Gasteiger partial charge in [-0.3, -0.25) is 4.79 Å². The molecule has 5 nitrogen and oxygen atoms in total. The van der Waals surface area contributed by atoms with E-state index in [9.17, 15) is 4.79 Å². The summed E-state index contributed by atoms with van der Waals surface area (Å²) in [4.78, 5) is 20.3. The number of amides is 1. The largest absolute Gasteiger partial charge is 0.493 e. The van der Waals surface area contributed by atoms with Crippen molar-refractivity contribution in [3.05, 3.63) is 71.4 Å². The third-order valence-corrected chi connectivity index (χ3v) is 7.23. The van der Waals surface area contributed by atoms with Gasteiger partial charge in [-0.2, -0.15) is 0 Å². The number of nitrogens with one attached hydrogen (secondary N) is 1. The molecule has 0 radical (unpaired) electrons. The predicted octanol–water partition coefficient (Wildman–Crippen LogP) is 6.68. The van der Waals surface area contributed by atoms with E-state index >= 15 is 0 Å². The van der Waals surface area contributed by atoms with Crippen LogP contribution in [0.2, 0.25) is 0 Å². The first kappa shape index (κ1) is 26.9. The third kappa shape index (κ3) is 6.98. The Hall–Kier alpha value is -3.18. The molecule has 1 heterocycles. The highest BCUT2D eigenvalue weighted by molar-refractivity contribution is 5.95. The zero-order valence-corrected chi connectivity index (χ0v) is 22.8. The van der Waals surface area contributed by atoms with Crippen molar-refractivity contribution in [2.24, 2.45) is 0 Å². The lowest BCUT2D eigenvalue weighted by molar-refractivity contribution is 0.0923. The van der Waals surface area contributed by atoms with Crippen LogP contribution in [0.4, 0.5) is 0 Å². The van der Waals surface area contributed by atoms with Gasteiger partial charge in [0.15, 0.2) is 0 Å². The van der Waals surface area contributed by atoms with Crippen LogP contribution < -0.4 is 10.1 Å². The highest BCUT2D eigenvalue weighted by Crippen LogP contribution is 2.35. The molecule has 0 unspecified atom stereocenters. The normalized spacial score (nSPS) is 14.1. The van der Waals surface area contributed by atoms with E-state index in [1.807, 2.05) is 18.2 Å². The highest BCUT2D eigenvalue weighted by atomic mass is 16.5. The minimum atomic E-state index is -0.0881. The summed E-state index contributed by atoms with van der Waals surface area (Å²) in [5.74, 6) is 0.808. The minimum Gasteiger partial charge on any atom is -0.493 e. The smallest absolute Gasteiger partial charge is 0.270 e. The molecule has 37 heavy (non-hydrogen) atoms. The van der Waals surface area contributed by atoms with E-state index < -0.39 is 0 Å². The molecule has 0 aliphatic heterocycles. The van der Waals surface area contributed by atoms with Crippen LogP contribution >= 0.6 is 0 Å². The van der Waals surface area contributed by atoms with Crippen LogP contribution in [0.25, 0.3) is 22.4 Å². The average molecular weight is 500 g/mol. The molecule has 0 bridgehead atoms. The Morgan fingerprint density at radius 1 is 1.03 bits per heavy atom. The Labute approximate surface area is 222 Å². The van der Waals surface area contributed by atoms with E-state index in [0.717, 1.165) is 60.4 Å². The van der Waals surface area contributed by atoms with Gasteiger partial charge in [0.2, 0.25) is 0 Å². The van der Waals surface area contributed by atoms with Gasteiger partial charge in [-0.25, -0.2) is 4.98 Å². The van der Waals surface area contributed by atoms with Gasteiger partial charge in [-0.15, -0.1) is 0 Å². The molecule has 0 spiro atoms. The molecule has 0 saturated heterocycles. The summed E-state index contributed by atoms with van der Waals surface area (Å²) in [5.41, 5.74) is 6.74. The second kappa shape index (κ2) is 12.9. The first-order valence-corrected chi connectivity index (χ1v) is 13.7. The summed E-state index contributed by atoms with van der Waals surface area (Å²) >= 11 is 0. The fourth-order valence-electron chi connectivity index (χ4n) is 5.10. The second-order valence-electron chi connectivity index (χ2n) is 10.4. The van der Waals surface area contributed by atoms with Crippen LogP contribution in [0.15, 0.2) is 54.6 Å². The van der Waals surface area contributed by atoms with Crippen LogP contribution in [0, 0.1) is 6.92 Å². The maximum absolute atomic E-state index is 13.2. The average Bonchev–Trinajstić information content (AvgIpc) is 2.91. The predicted molar refractivity (Wildman–Crippen MR) is 152 cm³/mol. The van der Waals surface area contributed by atoms with Crippen LogP contribution in [-0.4, -0.2) is 49.1 Å². The van der Waals surface area contributed by atoms with Crippen molar-refractivity contribution in [2.45, 2.75) is 64.8 Å². The summed E-state index contributed by atoms with van der Waals surface area (Å²) < 4.78 is 6.25. The number of aromatic nitrogens is 1. The molecule has 1 aliphatic rings. The number of benzene rings is 2. The molecule has 1 N–H and O–H groups in total. The lowest BCUT2D eigenvalue weighted by atomic mass is 9.94. The fourth-order valence-corrected chi connectivity index (χ4v) is 5.10. The van der Waals surface area contributed by atoms with E-state index in [-0.39, 0.29) is 11.9 Å². The van der Waals surface area contributed by atoms with Crippen molar-refractivity contribution in [3.63, 3.8) is 0 Å². The topological polar surface area (TPSA) is 54.5 Å². The zero-order valence-electron chi connectivity index (χ0n) is 22.8. The summed E-state index contributed by atoms with van der Waals surface area (Å²) in [6.07, 6.45) is 7.57. The maximum atomic E-state index is 13.2. The van der Waals surface area contributed by atoms with Gasteiger partial charge < -0.3 is 15.0 Å². The number of aryl methyl sites for hydroxylation is 2. The summed E-state index contributed by atoms with van der Waals surface area (Å²) in [6.45, 7) is 5.91. The molecule has 5 heteroatoms. The quantitative estimate of drug-likeness (QED) is 0.316. The first-order valence-electron chi connectivity index (χ1n) is 13.7. The summed E-state index contributed by atoms with van der Waals surface area (Å²) in [7, 11) is 4.16. The van der Waals surface area contributed by atoms with Crippen LogP contribution in [0.3, 0.4) is 0 Å². The Balaban J connectivity index is 1.70. The lowest BCUT2D eigenvalue weighted by Crippen LogP contribution is -2.36. The number of hydrogen-bond donors (Lipinski definition) is 1. The summed E-state index contributed by atoms with van der Waals surface area (Å²) in [5, 5.41) is 3.23. The van der Waals surface area contributed by atoms with E-state index in [0.29, 0.717) is 12.3 Å². The third-order valence-electron chi connectivity index (χ3n) is 7.23. The van der Waals surface area contributed by atoms with Crippen molar-refractivity contribution in [3.8, 4) is 28.1 Å². The number of carbonyl (C=O) groups is 1. The molecule has 3 aromatic rings. The number of ether oxygens (including phenoxy) is 1. The number of nitrogens with zero attached hydrogens (tertiary/aromatic N) is 2. The van der Waals surface area contributed by atoms with Crippen molar-refractivity contribution in [2.75, 3.05) is 27.2 Å². The van der Waals surface area contributed by atoms with Gasteiger partial charge in [0.25, 0.3) is 5.91 Å². The Morgan fingerprint density at radius 2 is 1.81 bits per heavy atom. The molecule has 1 saturated carbocycles. The monoisotopic (exact) mass is 499 g/mol. The molecule has 1 amide bonds. The van der Waals surface area contributed by atoms with Crippen molar-refractivity contribution in [1.82, 2.24) is 15.2 Å². The molecular weight excluding hydrogens is 458 g/mol. The zero-order chi connectivity index (χ0) is 26.2. The molecule has 196 valence electrons. The highest BCUT2D eigenvalue weighted by Gasteiger charge is 2.20. The molecule has 1 fully saturated rings. The standard InChI is InChI=1S/C32H41N3O2/c1-5-24-16-17-25(22-30(24)37-21-11-20-35(3)4)31-28(27-15-10-9-12-23(27)2)18-19-29(34-31)32(36)33-26-13-7-6-8-14-26/h9-10,12,15-19,22,26H,5-8,11,13-14,20-21H2,1-4H3,(H,33,36). The number of carbonyl (C=O) groups excluding carboxylic acids is 1. The van der Waals surface area contributed by atoms with Gasteiger partial charge in [0.05, 0.1) is 12.3 Å². The number of rotatable bonds is 10. The van der Waals surface area contributed by atoms with Crippen LogP contribution in [0.5, 0.6) is 5.75 Å². The molecule has 0 atom stereocenters. The van der Waals surface area contributed by atoms with Gasteiger partial charge in [0, 0.05) is 23.7 Å². The van der Waals surface area contributed by atoms with Gasteiger partial charge in [-0.05, 0) is 81.6 Å². The second-order valence-corrected chi connectivity index (χ2v) is 10.4. The van der Waals surface area contributed by atoms with Gasteiger partial charge in [-0.1, -0.05) is 62.6 Å². The Bertz CT molecular complexity index is 1200. The van der Waals surface area contributed by atoms with E-state index in [1.54, 1.807) is 0 Å². The Kier molecular flexibility index (Phi) is 9.34. The summed E-state index contributed by atoms with van der Waals surface area (Å²) in [6, 6.07) is 18.8. The molecular formula is C32H41N3O2. The van der Waals surface area contributed by atoms with Crippen molar-refractivity contribution in [1.29, 1.82) is 0 Å². The molecule has 2 aromatic carbocycles. The van der Waals surface area contributed by atoms with Gasteiger partial charge >= 0.3 is 0 Å². The fraction of sp³-hybridized carbons (Fsp3) is 0.438.